The van der Waals surface area contributed by atoms with E-state index in [1.54, 1.807) is 0 Å². The van der Waals surface area contributed by atoms with Gasteiger partial charge in [-0.25, -0.2) is 0 Å². The van der Waals surface area contributed by atoms with Gasteiger partial charge < -0.3 is 8.83 Å². The summed E-state index contributed by atoms with van der Waals surface area (Å²) in [6.45, 7) is 0. The number of para-hydroxylation sites is 2. The smallest absolute Gasteiger partial charge is 0.143 e. The molecule has 0 fully saturated rings. The normalized spacial score (nSPS) is 12.3. The first kappa shape index (κ1) is 30.0. The van der Waals surface area contributed by atoms with Crippen molar-refractivity contribution in [1.82, 2.24) is 0 Å². The fraction of sp³-hybridized carbons (Fsp3) is 0. The van der Waals surface area contributed by atoms with Gasteiger partial charge in [-0.15, -0.1) is 0 Å². The lowest BCUT2D eigenvalue weighted by atomic mass is 9.82. The summed E-state index contributed by atoms with van der Waals surface area (Å²) in [6, 6.07) is 66.1. The maximum atomic E-state index is 7.01. The molecule has 0 bridgehead atoms. The van der Waals surface area contributed by atoms with Gasteiger partial charge in [0, 0.05) is 38.1 Å². The van der Waals surface area contributed by atoms with Crippen molar-refractivity contribution < 1.29 is 8.83 Å². The van der Waals surface area contributed by atoms with Crippen molar-refractivity contribution in [2.45, 2.75) is 0 Å². The molecule has 2 aromatic heterocycles. The van der Waals surface area contributed by atoms with Crippen LogP contribution in [0.1, 0.15) is 0 Å². The van der Waals surface area contributed by atoms with Crippen LogP contribution in [0, 0.1) is 0 Å². The second kappa shape index (κ2) is 11.1. The van der Waals surface area contributed by atoms with Crippen LogP contribution < -0.4 is 0 Å². The zero-order chi connectivity index (χ0) is 36.5. The summed E-state index contributed by atoms with van der Waals surface area (Å²) in [5.41, 5.74) is 8.30. The van der Waals surface area contributed by atoms with Crippen molar-refractivity contribution in [1.29, 1.82) is 0 Å². The maximum absolute atomic E-state index is 7.01. The summed E-state index contributed by atoms with van der Waals surface area (Å²) in [7, 11) is 0. The summed E-state index contributed by atoms with van der Waals surface area (Å²) in [5.74, 6) is 0. The fourth-order valence-corrected chi connectivity index (χ4v) is 9.90. The van der Waals surface area contributed by atoms with Crippen molar-refractivity contribution in [2.24, 2.45) is 0 Å². The zero-order valence-electron chi connectivity index (χ0n) is 30.1. The predicted molar refractivity (Wildman–Crippen MR) is 237 cm³/mol. The molecule has 2 heterocycles. The highest BCUT2D eigenvalue weighted by Crippen LogP contribution is 2.51. The number of furan rings is 2. The summed E-state index contributed by atoms with van der Waals surface area (Å²) < 4.78 is 13.4. The summed E-state index contributed by atoms with van der Waals surface area (Å²) in [4.78, 5) is 0. The molecule has 258 valence electrons. The summed E-state index contributed by atoms with van der Waals surface area (Å²) in [5, 5.41) is 19.2. The molecule has 0 radical (unpaired) electrons. The van der Waals surface area contributed by atoms with E-state index < -0.39 is 0 Å². The molecule has 56 heavy (non-hydrogen) atoms. The average Bonchev–Trinajstić information content (AvgIpc) is 3.84. The van der Waals surface area contributed by atoms with Crippen molar-refractivity contribution in [3.8, 4) is 22.3 Å². The van der Waals surface area contributed by atoms with Crippen molar-refractivity contribution in [3.05, 3.63) is 182 Å². The van der Waals surface area contributed by atoms with Gasteiger partial charge in [-0.3, -0.25) is 0 Å². The Hall–Kier alpha value is -7.42. The van der Waals surface area contributed by atoms with E-state index in [4.69, 9.17) is 8.83 Å². The number of hydrogen-bond acceptors (Lipinski definition) is 2. The molecular weight excluding hydrogens is 681 g/mol. The van der Waals surface area contributed by atoms with E-state index in [1.807, 2.05) is 6.07 Å². The Morgan fingerprint density at radius 3 is 1.41 bits per heavy atom. The number of hydrogen-bond donors (Lipinski definition) is 0. The summed E-state index contributed by atoms with van der Waals surface area (Å²) >= 11 is 0. The van der Waals surface area contributed by atoms with Crippen molar-refractivity contribution >= 4 is 109 Å². The van der Waals surface area contributed by atoms with Crippen molar-refractivity contribution in [3.63, 3.8) is 0 Å². The maximum Gasteiger partial charge on any atom is 0.143 e. The molecule has 0 atom stereocenters. The van der Waals surface area contributed by atoms with E-state index >= 15 is 0 Å². The average molecular weight is 711 g/mol. The third kappa shape index (κ3) is 3.95. The van der Waals surface area contributed by atoms with Gasteiger partial charge >= 0.3 is 0 Å². The predicted octanol–water partition coefficient (Wildman–Crippen LogP) is 15.7. The van der Waals surface area contributed by atoms with E-state index in [0.717, 1.165) is 60.2 Å². The molecule has 13 rings (SSSR count). The van der Waals surface area contributed by atoms with Crippen LogP contribution in [0.2, 0.25) is 0 Å². The van der Waals surface area contributed by atoms with Crippen molar-refractivity contribution in [2.75, 3.05) is 0 Å². The molecule has 0 aliphatic heterocycles. The highest BCUT2D eigenvalue weighted by molar-refractivity contribution is 6.35. The van der Waals surface area contributed by atoms with E-state index in [-0.39, 0.29) is 0 Å². The molecule has 0 saturated carbocycles. The molecule has 0 amide bonds. The lowest BCUT2D eigenvalue weighted by Gasteiger charge is -2.20. The van der Waals surface area contributed by atoms with Gasteiger partial charge in [0.15, 0.2) is 0 Å². The monoisotopic (exact) mass is 710 g/mol. The molecule has 0 aliphatic carbocycles. The van der Waals surface area contributed by atoms with Crippen LogP contribution in [-0.4, -0.2) is 0 Å². The third-order valence-corrected chi connectivity index (χ3v) is 12.2. The quantitative estimate of drug-likeness (QED) is 0.132. The highest BCUT2D eigenvalue weighted by atomic mass is 16.3. The molecule has 0 spiro atoms. The van der Waals surface area contributed by atoms with E-state index in [2.05, 4.69) is 176 Å². The Bertz CT molecular complexity index is 3750. The lowest BCUT2D eigenvalue weighted by Crippen LogP contribution is -1.93. The number of benzene rings is 11. The lowest BCUT2D eigenvalue weighted by molar-refractivity contribution is 0.669. The molecule has 0 unspecified atom stereocenters. The molecule has 2 heteroatoms. The standard InChI is InChI=1S/C54H30O2/c1-3-15-34-31(13-1)25-27-40-43(29-32-14-2-4-16-35(32)49(34)40)50-36-17-5-7-19-38(36)51(39-20-8-6-18-37(39)50)44-30-33-26-28-47-52(41-21-9-11-23-45(41)55-47)48(33)53-42-22-10-12-24-46(42)56-54(44)53/h1-30H. The van der Waals surface area contributed by atoms with Crippen LogP contribution in [0.4, 0.5) is 0 Å². The van der Waals surface area contributed by atoms with E-state index in [1.165, 1.54) is 70.6 Å². The van der Waals surface area contributed by atoms with Crippen LogP contribution in [0.3, 0.4) is 0 Å². The molecule has 0 aliphatic rings. The minimum absolute atomic E-state index is 0.876. The van der Waals surface area contributed by atoms with Gasteiger partial charge in [-0.1, -0.05) is 152 Å². The topological polar surface area (TPSA) is 26.3 Å². The SMILES string of the molecule is c1ccc2c(c1)ccc1c(-c3c4ccccc4c(-c4cc5ccc6oc7ccccc7c6c5c5c4oc4ccccc45)c4ccccc34)cc3ccccc3c12. The van der Waals surface area contributed by atoms with Crippen LogP contribution in [-0.2, 0) is 0 Å². The summed E-state index contributed by atoms with van der Waals surface area (Å²) in [6.07, 6.45) is 0. The molecule has 13 aromatic rings. The Balaban J connectivity index is 1.21. The Morgan fingerprint density at radius 1 is 0.250 bits per heavy atom. The molecule has 0 saturated heterocycles. The van der Waals surface area contributed by atoms with Crippen LogP contribution >= 0.6 is 0 Å². The fourth-order valence-electron chi connectivity index (χ4n) is 9.90. The van der Waals surface area contributed by atoms with Gasteiger partial charge in [0.05, 0.1) is 0 Å². The van der Waals surface area contributed by atoms with E-state index in [9.17, 15) is 0 Å². The molecule has 2 nitrogen and oxygen atoms in total. The first-order valence-electron chi connectivity index (χ1n) is 19.3. The number of rotatable bonds is 2. The first-order valence-corrected chi connectivity index (χ1v) is 19.3. The molecular formula is C54H30O2. The van der Waals surface area contributed by atoms with Gasteiger partial charge in [0.1, 0.15) is 22.3 Å². The first-order chi connectivity index (χ1) is 27.8. The van der Waals surface area contributed by atoms with Gasteiger partial charge in [0.2, 0.25) is 0 Å². The number of fused-ring (bicyclic) bond motifs is 16. The second-order valence-corrected chi connectivity index (χ2v) is 15.1. The van der Waals surface area contributed by atoms with Crippen LogP contribution in [0.5, 0.6) is 0 Å². The van der Waals surface area contributed by atoms with Crippen LogP contribution in [0.25, 0.3) is 131 Å². The largest absolute Gasteiger partial charge is 0.456 e. The minimum Gasteiger partial charge on any atom is -0.456 e. The molecule has 11 aromatic carbocycles. The van der Waals surface area contributed by atoms with Gasteiger partial charge in [-0.05, 0) is 101 Å². The second-order valence-electron chi connectivity index (χ2n) is 15.1. The zero-order valence-corrected chi connectivity index (χ0v) is 30.1. The minimum atomic E-state index is 0.876. The van der Waals surface area contributed by atoms with Gasteiger partial charge in [-0.2, -0.15) is 0 Å². The Morgan fingerprint density at radius 2 is 0.732 bits per heavy atom. The van der Waals surface area contributed by atoms with Gasteiger partial charge in [0.25, 0.3) is 0 Å². The molecule has 0 N–H and O–H groups in total. The van der Waals surface area contributed by atoms with E-state index in [0.29, 0.717) is 0 Å². The Labute approximate surface area is 320 Å². The third-order valence-electron chi connectivity index (χ3n) is 12.2. The van der Waals surface area contributed by atoms with Crippen LogP contribution in [0.15, 0.2) is 191 Å². The highest BCUT2D eigenvalue weighted by Gasteiger charge is 2.25. The Kier molecular flexibility index (Phi) is 5.92.